The number of hydrogen-bond donors (Lipinski definition) is 3. The number of rotatable bonds is 7. The van der Waals surface area contributed by atoms with Crippen molar-refractivity contribution in [3.8, 4) is 11.1 Å². The molecule has 0 bridgehead atoms. The summed E-state index contributed by atoms with van der Waals surface area (Å²) in [6.45, 7) is 0.375. The number of alkyl carbamates (subject to hydrolysis) is 1. The number of ether oxygens (including phenoxy) is 1. The smallest absolute Gasteiger partial charge is 0.407 e. The Hall–Kier alpha value is -3.35. The van der Waals surface area contributed by atoms with Gasteiger partial charge in [0.1, 0.15) is 6.61 Å². The SMILES string of the molecule is O=C(N[C@@H]1CCC[C@@H]1C(=O)NCC1(C(=O)O)CCC1)OCC1c2ccccc2-c2ccccc21. The van der Waals surface area contributed by atoms with E-state index in [2.05, 4.69) is 34.9 Å². The van der Waals surface area contributed by atoms with Crippen molar-refractivity contribution < 1.29 is 24.2 Å². The van der Waals surface area contributed by atoms with Crippen LogP contribution in [0, 0.1) is 11.3 Å². The molecule has 3 aliphatic rings. The highest BCUT2D eigenvalue weighted by molar-refractivity contribution is 5.83. The highest BCUT2D eigenvalue weighted by atomic mass is 16.5. The minimum absolute atomic E-state index is 0.0180. The number of carbonyl (C=O) groups is 3. The van der Waals surface area contributed by atoms with E-state index < -0.39 is 17.5 Å². The van der Waals surface area contributed by atoms with Crippen LogP contribution in [0.25, 0.3) is 11.1 Å². The lowest BCUT2D eigenvalue weighted by Crippen LogP contribution is -2.50. The second kappa shape index (κ2) is 9.12. The number of carboxylic acids is 1. The average Bonchev–Trinajstić information content (AvgIpc) is 3.39. The number of fused-ring (bicyclic) bond motifs is 3. The maximum atomic E-state index is 12.8. The minimum Gasteiger partial charge on any atom is -0.481 e. The van der Waals surface area contributed by atoms with Gasteiger partial charge in [-0.1, -0.05) is 61.4 Å². The Morgan fingerprint density at radius 1 is 0.941 bits per heavy atom. The van der Waals surface area contributed by atoms with E-state index in [-0.39, 0.29) is 36.9 Å². The molecule has 3 N–H and O–H groups in total. The molecule has 2 saturated carbocycles. The van der Waals surface area contributed by atoms with Gasteiger partial charge in [-0.15, -0.1) is 0 Å². The summed E-state index contributed by atoms with van der Waals surface area (Å²) >= 11 is 0. The molecule has 0 aliphatic heterocycles. The molecule has 0 unspecified atom stereocenters. The van der Waals surface area contributed by atoms with Crippen LogP contribution in [0.2, 0.25) is 0 Å². The molecule has 3 aliphatic carbocycles. The maximum absolute atomic E-state index is 12.8. The Morgan fingerprint density at radius 3 is 2.18 bits per heavy atom. The van der Waals surface area contributed by atoms with E-state index in [4.69, 9.17) is 4.74 Å². The molecular formula is C27H30N2O5. The van der Waals surface area contributed by atoms with Gasteiger partial charge in [0, 0.05) is 18.5 Å². The van der Waals surface area contributed by atoms with Crippen molar-refractivity contribution in [3.05, 3.63) is 59.7 Å². The number of carbonyl (C=O) groups excluding carboxylic acids is 2. The fourth-order valence-corrected chi connectivity index (χ4v) is 5.70. The van der Waals surface area contributed by atoms with Gasteiger partial charge in [0.05, 0.1) is 11.3 Å². The molecule has 7 heteroatoms. The Bertz CT molecular complexity index is 1060. The van der Waals surface area contributed by atoms with Crippen molar-refractivity contribution in [2.45, 2.75) is 50.5 Å². The summed E-state index contributed by atoms with van der Waals surface area (Å²) in [4.78, 5) is 37.0. The van der Waals surface area contributed by atoms with E-state index >= 15 is 0 Å². The predicted octanol–water partition coefficient (Wildman–Crippen LogP) is 4.06. The monoisotopic (exact) mass is 462 g/mol. The van der Waals surface area contributed by atoms with Crippen molar-refractivity contribution >= 4 is 18.0 Å². The first kappa shape index (κ1) is 22.4. The lowest BCUT2D eigenvalue weighted by Gasteiger charge is -2.38. The highest BCUT2D eigenvalue weighted by Gasteiger charge is 2.45. The first-order valence-electron chi connectivity index (χ1n) is 12.1. The van der Waals surface area contributed by atoms with Gasteiger partial charge in [-0.05, 0) is 47.9 Å². The van der Waals surface area contributed by atoms with Gasteiger partial charge in [0.25, 0.3) is 0 Å². The molecule has 0 spiro atoms. The molecule has 2 atom stereocenters. The number of hydrogen-bond acceptors (Lipinski definition) is 4. The molecule has 7 nitrogen and oxygen atoms in total. The van der Waals surface area contributed by atoms with Crippen LogP contribution in [0.1, 0.15) is 55.6 Å². The molecule has 178 valence electrons. The molecule has 0 heterocycles. The summed E-state index contributed by atoms with van der Waals surface area (Å²) in [6, 6.07) is 16.0. The Morgan fingerprint density at radius 2 is 1.59 bits per heavy atom. The summed E-state index contributed by atoms with van der Waals surface area (Å²) in [7, 11) is 0. The quantitative estimate of drug-likeness (QED) is 0.576. The zero-order valence-corrected chi connectivity index (χ0v) is 19.1. The van der Waals surface area contributed by atoms with E-state index in [0.29, 0.717) is 25.7 Å². The predicted molar refractivity (Wildman–Crippen MR) is 126 cm³/mol. The van der Waals surface area contributed by atoms with Crippen molar-refractivity contribution in [2.24, 2.45) is 11.3 Å². The zero-order chi connectivity index (χ0) is 23.7. The fraction of sp³-hybridized carbons (Fsp3) is 0.444. The van der Waals surface area contributed by atoms with Gasteiger partial charge in [-0.3, -0.25) is 9.59 Å². The first-order valence-corrected chi connectivity index (χ1v) is 12.1. The summed E-state index contributed by atoms with van der Waals surface area (Å²) in [5.74, 6) is -1.42. The van der Waals surface area contributed by atoms with Crippen molar-refractivity contribution in [1.82, 2.24) is 10.6 Å². The molecule has 2 fully saturated rings. The molecule has 34 heavy (non-hydrogen) atoms. The molecule has 2 aromatic rings. The average molecular weight is 463 g/mol. The van der Waals surface area contributed by atoms with Gasteiger partial charge < -0.3 is 20.5 Å². The largest absolute Gasteiger partial charge is 0.481 e. The van der Waals surface area contributed by atoms with Gasteiger partial charge in [0.15, 0.2) is 0 Å². The lowest BCUT2D eigenvalue weighted by atomic mass is 9.68. The molecule has 0 aromatic heterocycles. The van der Waals surface area contributed by atoms with Crippen molar-refractivity contribution in [2.75, 3.05) is 13.2 Å². The standard InChI is InChI=1S/C27H30N2O5/c30-24(28-16-27(25(31)32)13-6-14-27)21-11-5-12-23(21)29-26(33)34-15-22-19-9-3-1-7-17(19)18-8-2-4-10-20(18)22/h1-4,7-10,21-23H,5-6,11-16H2,(H,28,30)(H,29,33)(H,31,32)/t21-,23+/m0/s1. The van der Waals surface area contributed by atoms with Crippen LogP contribution in [0.15, 0.2) is 48.5 Å². The van der Waals surface area contributed by atoms with E-state index in [9.17, 15) is 19.5 Å². The number of aliphatic carboxylic acids is 1. The van der Waals surface area contributed by atoms with Gasteiger partial charge in [0.2, 0.25) is 5.91 Å². The van der Waals surface area contributed by atoms with Gasteiger partial charge in [-0.25, -0.2) is 4.79 Å². The van der Waals surface area contributed by atoms with Gasteiger partial charge in [-0.2, -0.15) is 0 Å². The van der Waals surface area contributed by atoms with Crippen LogP contribution < -0.4 is 10.6 Å². The molecule has 2 amide bonds. The normalized spacial score (nSPS) is 22.2. The van der Waals surface area contributed by atoms with E-state index in [1.54, 1.807) is 0 Å². The second-order valence-corrected chi connectivity index (χ2v) is 9.77. The topological polar surface area (TPSA) is 105 Å². The summed E-state index contributed by atoms with van der Waals surface area (Å²) < 4.78 is 5.64. The van der Waals surface area contributed by atoms with Crippen molar-refractivity contribution in [3.63, 3.8) is 0 Å². The molecule has 5 rings (SSSR count). The Labute approximate surface area is 198 Å². The maximum Gasteiger partial charge on any atom is 0.407 e. The van der Waals surface area contributed by atoms with Crippen LogP contribution in [-0.2, 0) is 14.3 Å². The molecule has 2 aromatic carbocycles. The zero-order valence-electron chi connectivity index (χ0n) is 19.1. The van der Waals surface area contributed by atoms with Crippen LogP contribution in [0.5, 0.6) is 0 Å². The number of benzene rings is 2. The van der Waals surface area contributed by atoms with E-state index in [0.717, 1.165) is 24.0 Å². The number of carboxylic acid groups (broad SMARTS) is 1. The summed E-state index contributed by atoms with van der Waals surface area (Å²) in [5, 5.41) is 15.2. The highest BCUT2D eigenvalue weighted by Crippen LogP contribution is 2.44. The van der Waals surface area contributed by atoms with Crippen LogP contribution in [-0.4, -0.2) is 42.3 Å². The van der Waals surface area contributed by atoms with E-state index in [1.807, 2.05) is 24.3 Å². The summed E-state index contributed by atoms with van der Waals surface area (Å²) in [6.07, 6.45) is 3.73. The molecule has 0 saturated heterocycles. The van der Waals surface area contributed by atoms with Gasteiger partial charge >= 0.3 is 12.1 Å². The Kier molecular flexibility index (Phi) is 6.02. The van der Waals surface area contributed by atoms with Crippen LogP contribution >= 0.6 is 0 Å². The minimum atomic E-state index is -0.848. The molecule has 0 radical (unpaired) electrons. The Balaban J connectivity index is 1.17. The number of amides is 2. The van der Waals surface area contributed by atoms with Crippen molar-refractivity contribution in [1.29, 1.82) is 0 Å². The summed E-state index contributed by atoms with van der Waals surface area (Å²) in [5.41, 5.74) is 3.82. The van der Waals surface area contributed by atoms with Crippen LogP contribution in [0.4, 0.5) is 4.79 Å². The fourth-order valence-electron chi connectivity index (χ4n) is 5.70. The molecular weight excluding hydrogens is 432 g/mol. The number of nitrogens with one attached hydrogen (secondary N) is 2. The van der Waals surface area contributed by atoms with E-state index in [1.165, 1.54) is 11.1 Å². The first-order chi connectivity index (χ1) is 16.5. The second-order valence-electron chi connectivity index (χ2n) is 9.77. The third-order valence-electron chi connectivity index (χ3n) is 7.86. The third-order valence-corrected chi connectivity index (χ3v) is 7.86. The van der Waals surface area contributed by atoms with Crippen LogP contribution in [0.3, 0.4) is 0 Å². The third kappa shape index (κ3) is 4.04. The lowest BCUT2D eigenvalue weighted by molar-refractivity contribution is -0.154.